The molecule has 1 atom stereocenters. The van der Waals surface area contributed by atoms with Gasteiger partial charge in [-0.15, -0.1) is 0 Å². The lowest BCUT2D eigenvalue weighted by Crippen LogP contribution is -2.43. The first-order chi connectivity index (χ1) is 15.5. The van der Waals surface area contributed by atoms with Crippen LogP contribution in [0.5, 0.6) is 5.75 Å². The van der Waals surface area contributed by atoms with Crippen molar-refractivity contribution >= 4 is 23.3 Å². The zero-order valence-electron chi connectivity index (χ0n) is 18.5. The Labute approximate surface area is 189 Å². The fourth-order valence-electron chi connectivity index (χ4n) is 3.97. The van der Waals surface area contributed by atoms with Crippen molar-refractivity contribution in [2.75, 3.05) is 20.2 Å². The molecule has 0 N–H and O–H groups in total. The lowest BCUT2D eigenvalue weighted by molar-refractivity contribution is -0.127. The van der Waals surface area contributed by atoms with Crippen LogP contribution in [0.2, 0.25) is 0 Å². The molecule has 0 bridgehead atoms. The molecule has 32 heavy (non-hydrogen) atoms. The number of para-hydroxylation sites is 1. The molecular formula is C24H25N3O4S. The molecule has 0 spiro atoms. The average Bonchev–Trinajstić information content (AvgIpc) is 3.41. The van der Waals surface area contributed by atoms with Crippen LogP contribution in [0.3, 0.4) is 0 Å². The lowest BCUT2D eigenvalue weighted by atomic mass is 9.94. The number of likely N-dealkylation sites (N-methyl/N-ethyl adjacent to an activating group) is 1. The minimum atomic E-state index is -0.644. The summed E-state index contributed by atoms with van der Waals surface area (Å²) in [6, 6.07) is 10.4. The van der Waals surface area contributed by atoms with Gasteiger partial charge in [0.2, 0.25) is 0 Å². The molecule has 0 radical (unpaired) electrons. The van der Waals surface area contributed by atoms with Crippen LogP contribution >= 0.6 is 11.3 Å². The lowest BCUT2D eigenvalue weighted by Gasteiger charge is -2.29. The van der Waals surface area contributed by atoms with E-state index in [0.29, 0.717) is 45.2 Å². The zero-order chi connectivity index (χ0) is 22.8. The number of ether oxygens (including phenoxy) is 1. The van der Waals surface area contributed by atoms with E-state index < -0.39 is 6.04 Å². The van der Waals surface area contributed by atoms with Gasteiger partial charge in [0.1, 0.15) is 17.6 Å². The Bertz CT molecular complexity index is 1340. The van der Waals surface area contributed by atoms with Crippen molar-refractivity contribution in [2.24, 2.45) is 4.99 Å². The van der Waals surface area contributed by atoms with Crippen molar-refractivity contribution in [3.63, 3.8) is 0 Å². The molecule has 0 aliphatic carbocycles. The maximum absolute atomic E-state index is 13.6. The van der Waals surface area contributed by atoms with E-state index in [1.807, 2.05) is 45.0 Å². The SMILES string of the molecule is CCN(CC)C(=O)C1=C(C)N=c2s/c(=C/c3ccco3)c(=O)n2[C@@H]1c1ccccc1OC. The Kier molecular flexibility index (Phi) is 6.14. The van der Waals surface area contributed by atoms with Crippen molar-refractivity contribution in [1.82, 2.24) is 9.47 Å². The van der Waals surface area contributed by atoms with Crippen LogP contribution in [0.1, 0.15) is 38.1 Å². The standard InChI is InChI=1S/C24H25N3O4S/c1-5-26(6-2)23(29)20-15(3)25-24-27(21(20)17-11-7-8-12-18(17)30-4)22(28)19(32-24)14-16-10-9-13-31-16/h7-14,21H,5-6H2,1-4H3/b19-14+/t21-/m1/s1. The van der Waals surface area contributed by atoms with Gasteiger partial charge in [0.25, 0.3) is 11.5 Å². The molecule has 0 saturated carbocycles. The fourth-order valence-corrected chi connectivity index (χ4v) is 4.99. The molecule has 7 nitrogen and oxygen atoms in total. The molecule has 0 saturated heterocycles. The van der Waals surface area contributed by atoms with Gasteiger partial charge in [-0.1, -0.05) is 29.5 Å². The molecule has 3 aromatic rings. The number of benzene rings is 1. The highest BCUT2D eigenvalue weighted by atomic mass is 32.1. The summed E-state index contributed by atoms with van der Waals surface area (Å²) in [7, 11) is 1.59. The highest BCUT2D eigenvalue weighted by Gasteiger charge is 2.35. The number of fused-ring (bicyclic) bond motifs is 1. The minimum absolute atomic E-state index is 0.132. The Morgan fingerprint density at radius 1 is 1.25 bits per heavy atom. The van der Waals surface area contributed by atoms with Crippen LogP contribution in [0.15, 0.2) is 68.1 Å². The summed E-state index contributed by atoms with van der Waals surface area (Å²) in [6.45, 7) is 6.83. The van der Waals surface area contributed by atoms with Crippen molar-refractivity contribution in [1.29, 1.82) is 0 Å². The maximum Gasteiger partial charge on any atom is 0.271 e. The monoisotopic (exact) mass is 451 g/mol. The highest BCUT2D eigenvalue weighted by Crippen LogP contribution is 2.35. The van der Waals surface area contributed by atoms with E-state index in [9.17, 15) is 9.59 Å². The first-order valence-corrected chi connectivity index (χ1v) is 11.3. The number of hydrogen-bond donors (Lipinski definition) is 0. The molecule has 1 aliphatic heterocycles. The summed E-state index contributed by atoms with van der Waals surface area (Å²) in [4.78, 5) is 34.1. The second kappa shape index (κ2) is 9.00. The van der Waals surface area contributed by atoms with Gasteiger partial charge in [0.15, 0.2) is 4.80 Å². The van der Waals surface area contributed by atoms with Crippen LogP contribution in [-0.4, -0.2) is 35.6 Å². The van der Waals surface area contributed by atoms with Crippen LogP contribution in [0.25, 0.3) is 6.08 Å². The summed E-state index contributed by atoms with van der Waals surface area (Å²) >= 11 is 1.28. The second-order valence-electron chi connectivity index (χ2n) is 7.32. The van der Waals surface area contributed by atoms with Gasteiger partial charge >= 0.3 is 0 Å². The summed E-state index contributed by atoms with van der Waals surface area (Å²) in [5, 5.41) is 0. The first-order valence-electron chi connectivity index (χ1n) is 10.5. The normalized spacial score (nSPS) is 16.0. The molecule has 0 fully saturated rings. The van der Waals surface area contributed by atoms with Crippen molar-refractivity contribution < 1.29 is 13.9 Å². The largest absolute Gasteiger partial charge is 0.496 e. The number of hydrogen-bond acceptors (Lipinski definition) is 6. The average molecular weight is 452 g/mol. The number of aromatic nitrogens is 1. The number of carbonyl (C=O) groups is 1. The smallest absolute Gasteiger partial charge is 0.271 e. The number of methoxy groups -OCH3 is 1. The topological polar surface area (TPSA) is 77.0 Å². The number of allylic oxidation sites excluding steroid dienone is 1. The summed E-state index contributed by atoms with van der Waals surface area (Å²) in [6.07, 6.45) is 3.26. The molecule has 1 aliphatic rings. The van der Waals surface area contributed by atoms with Gasteiger partial charge in [0, 0.05) is 24.7 Å². The molecule has 1 amide bonds. The van der Waals surface area contributed by atoms with Gasteiger partial charge < -0.3 is 14.1 Å². The molecule has 2 aromatic heterocycles. The number of amides is 1. The van der Waals surface area contributed by atoms with Gasteiger partial charge in [-0.3, -0.25) is 14.2 Å². The number of furan rings is 1. The quantitative estimate of drug-likeness (QED) is 0.577. The summed E-state index contributed by atoms with van der Waals surface area (Å²) < 4.78 is 13.1. The second-order valence-corrected chi connectivity index (χ2v) is 8.33. The molecule has 0 unspecified atom stereocenters. The van der Waals surface area contributed by atoms with Crippen molar-refractivity contribution in [3.05, 3.63) is 84.9 Å². The number of carbonyl (C=O) groups excluding carboxylic acids is 1. The van der Waals surface area contributed by atoms with E-state index in [-0.39, 0.29) is 11.5 Å². The van der Waals surface area contributed by atoms with Crippen molar-refractivity contribution in [2.45, 2.75) is 26.8 Å². The van der Waals surface area contributed by atoms with Gasteiger partial charge in [-0.2, -0.15) is 0 Å². The summed E-state index contributed by atoms with van der Waals surface area (Å²) in [5.41, 5.74) is 1.60. The van der Waals surface area contributed by atoms with E-state index >= 15 is 0 Å². The van der Waals surface area contributed by atoms with E-state index in [1.165, 1.54) is 11.3 Å². The molecule has 8 heteroatoms. The summed E-state index contributed by atoms with van der Waals surface area (Å²) in [5.74, 6) is 1.06. The Morgan fingerprint density at radius 3 is 2.66 bits per heavy atom. The van der Waals surface area contributed by atoms with Crippen LogP contribution < -0.4 is 19.6 Å². The van der Waals surface area contributed by atoms with E-state index in [4.69, 9.17) is 9.15 Å². The molecular weight excluding hydrogens is 426 g/mol. The number of rotatable bonds is 6. The Hall–Kier alpha value is -3.39. The Balaban J connectivity index is 2.01. The predicted octanol–water partition coefficient (Wildman–Crippen LogP) is 2.71. The zero-order valence-corrected chi connectivity index (χ0v) is 19.3. The van der Waals surface area contributed by atoms with Crippen molar-refractivity contribution in [3.8, 4) is 5.75 Å². The van der Waals surface area contributed by atoms with Crippen LogP contribution in [0, 0.1) is 0 Å². The van der Waals surface area contributed by atoms with E-state index in [0.717, 1.165) is 5.56 Å². The molecule has 166 valence electrons. The number of thiazole rings is 1. The van der Waals surface area contributed by atoms with E-state index in [2.05, 4.69) is 4.99 Å². The molecule has 1 aromatic carbocycles. The van der Waals surface area contributed by atoms with Crippen LogP contribution in [-0.2, 0) is 4.79 Å². The highest BCUT2D eigenvalue weighted by molar-refractivity contribution is 7.07. The van der Waals surface area contributed by atoms with Crippen LogP contribution in [0.4, 0.5) is 0 Å². The Morgan fingerprint density at radius 2 is 2.00 bits per heavy atom. The minimum Gasteiger partial charge on any atom is -0.496 e. The maximum atomic E-state index is 13.6. The third-order valence-electron chi connectivity index (χ3n) is 5.55. The third-order valence-corrected chi connectivity index (χ3v) is 6.54. The molecule has 4 rings (SSSR count). The van der Waals surface area contributed by atoms with Gasteiger partial charge in [-0.05, 0) is 39.0 Å². The van der Waals surface area contributed by atoms with Gasteiger partial charge in [0.05, 0.1) is 29.2 Å². The third kappa shape index (κ3) is 3.71. The fraction of sp³-hybridized carbons (Fsp3) is 0.292. The number of nitrogens with zero attached hydrogens (tertiary/aromatic N) is 3. The predicted molar refractivity (Wildman–Crippen MR) is 123 cm³/mol. The van der Waals surface area contributed by atoms with E-state index in [1.54, 1.807) is 41.0 Å². The van der Waals surface area contributed by atoms with Gasteiger partial charge in [-0.25, -0.2) is 4.99 Å². The first kappa shape index (κ1) is 21.8. The molecule has 3 heterocycles.